The van der Waals surface area contributed by atoms with Gasteiger partial charge in [0.1, 0.15) is 33.9 Å². The Morgan fingerprint density at radius 2 is 1.11 bits per heavy atom. The molecule has 1 aliphatic heterocycles. The lowest BCUT2D eigenvalue weighted by molar-refractivity contribution is 0.0978. The Hall–Kier alpha value is -7.10. The number of nitrogens with one attached hydrogen (secondary N) is 2. The fourth-order valence-electron chi connectivity index (χ4n) is 8.93. The molecule has 2 aromatic carbocycles. The predicted molar refractivity (Wildman–Crippen MR) is 265 cm³/mol. The van der Waals surface area contributed by atoms with Crippen LogP contribution in [0, 0.1) is 13.8 Å². The summed E-state index contributed by atoms with van der Waals surface area (Å²) >= 11 is 0. The molecule has 0 unspecified atom stereocenters. The largest absolute Gasteiger partial charge is 0.494 e. The predicted octanol–water partition coefficient (Wildman–Crippen LogP) is 3.54. The number of hydrogen-bond acceptors (Lipinski definition) is 11. The van der Waals surface area contributed by atoms with Gasteiger partial charge in [-0.1, -0.05) is 31.4 Å². The summed E-state index contributed by atoms with van der Waals surface area (Å²) in [4.78, 5) is 73.1. The van der Waals surface area contributed by atoms with Crippen LogP contribution in [0.15, 0.2) is 58.5 Å². The monoisotopic (exact) mass is 962 g/mol. The topological polar surface area (TPSA) is 273 Å². The van der Waals surface area contributed by atoms with E-state index in [1.807, 2.05) is 37.5 Å². The van der Waals surface area contributed by atoms with Crippen LogP contribution in [0.1, 0.15) is 105 Å². The van der Waals surface area contributed by atoms with E-state index in [1.165, 1.54) is 38.9 Å². The van der Waals surface area contributed by atoms with Gasteiger partial charge in [-0.05, 0) is 96.4 Å². The number of nitrogens with zero attached hydrogens (tertiary/aromatic N) is 10. The molecule has 0 bridgehead atoms. The first-order valence-corrected chi connectivity index (χ1v) is 24.2. The van der Waals surface area contributed by atoms with Crippen molar-refractivity contribution >= 4 is 45.7 Å². The van der Waals surface area contributed by atoms with Crippen LogP contribution < -0.4 is 37.9 Å². The number of aromatic amines is 2. The third-order valence-electron chi connectivity index (χ3n) is 12.5. The Labute approximate surface area is 406 Å². The van der Waals surface area contributed by atoms with Crippen LogP contribution in [-0.4, -0.2) is 132 Å². The van der Waals surface area contributed by atoms with Crippen LogP contribution >= 0.6 is 0 Å². The SMILES string of the molecule is CCn1nc(C)cc1C(=O)/N=c1/[nH]c2cc(C(N)=O)cc(OC)c2n1C/C=C/Cn1/c(=N\C(=O)c2cc(C)nn2CC)[nH]c2cc(C(N)=O)cc(OCCCN3CCN(CCCCCCCN)CC3)c21. The van der Waals surface area contributed by atoms with Crippen LogP contribution in [0.25, 0.3) is 22.1 Å². The first-order valence-electron chi connectivity index (χ1n) is 24.2. The van der Waals surface area contributed by atoms with E-state index >= 15 is 0 Å². The molecule has 1 fully saturated rings. The summed E-state index contributed by atoms with van der Waals surface area (Å²) in [5.41, 5.74) is 22.1. The van der Waals surface area contributed by atoms with Gasteiger partial charge in [0.25, 0.3) is 11.8 Å². The lowest BCUT2D eigenvalue weighted by Gasteiger charge is -2.34. The molecule has 21 nitrogen and oxygen atoms in total. The van der Waals surface area contributed by atoms with E-state index in [2.05, 4.69) is 39.9 Å². The van der Waals surface area contributed by atoms with Gasteiger partial charge in [-0.15, -0.1) is 0 Å². The Morgan fingerprint density at radius 3 is 1.59 bits per heavy atom. The molecule has 1 saturated heterocycles. The molecule has 0 saturated carbocycles. The molecule has 374 valence electrons. The number of methoxy groups -OCH3 is 1. The summed E-state index contributed by atoms with van der Waals surface area (Å²) in [7, 11) is 1.48. The number of hydrogen-bond donors (Lipinski definition) is 5. The van der Waals surface area contributed by atoms with Crippen LogP contribution in [0.3, 0.4) is 0 Å². The summed E-state index contributed by atoms with van der Waals surface area (Å²) in [6, 6.07) is 9.74. The van der Waals surface area contributed by atoms with Crippen molar-refractivity contribution in [2.75, 3.05) is 59.5 Å². The fraction of sp³-hybridized carbons (Fsp3) is 0.469. The number of amides is 4. The second kappa shape index (κ2) is 23.5. The van der Waals surface area contributed by atoms with Gasteiger partial charge in [-0.3, -0.25) is 28.5 Å². The molecule has 21 heteroatoms. The number of rotatable bonds is 23. The Kier molecular flexibility index (Phi) is 17.0. The van der Waals surface area contributed by atoms with Crippen molar-refractivity contribution in [2.45, 2.75) is 92.4 Å². The highest BCUT2D eigenvalue weighted by Gasteiger charge is 2.21. The number of allylic oxidation sites excluding steroid dienone is 2. The average molecular weight is 962 g/mol. The minimum atomic E-state index is -0.654. The first kappa shape index (κ1) is 50.8. The normalized spacial score (nSPS) is 14.2. The minimum absolute atomic E-state index is 0.173. The van der Waals surface area contributed by atoms with Gasteiger partial charge in [0.2, 0.25) is 23.1 Å². The van der Waals surface area contributed by atoms with Gasteiger partial charge in [0, 0.05) is 70.0 Å². The zero-order valence-electron chi connectivity index (χ0n) is 41.0. The van der Waals surface area contributed by atoms with Gasteiger partial charge in [-0.25, -0.2) is 0 Å². The van der Waals surface area contributed by atoms with E-state index in [1.54, 1.807) is 51.2 Å². The van der Waals surface area contributed by atoms with Crippen molar-refractivity contribution in [3.05, 3.63) is 93.7 Å². The molecule has 5 heterocycles. The molecular weight excluding hydrogens is 895 g/mol. The van der Waals surface area contributed by atoms with Crippen LogP contribution in [0.2, 0.25) is 0 Å². The molecule has 7 rings (SSSR count). The highest BCUT2D eigenvalue weighted by Crippen LogP contribution is 2.28. The number of aryl methyl sites for hydroxylation is 4. The number of carbonyl (C=O) groups excluding carboxylic acids is 4. The molecule has 4 aromatic heterocycles. The third-order valence-corrected chi connectivity index (χ3v) is 12.5. The molecule has 4 amide bonds. The number of benzene rings is 2. The van der Waals surface area contributed by atoms with Crippen molar-refractivity contribution in [1.82, 2.24) is 48.5 Å². The van der Waals surface area contributed by atoms with Gasteiger partial charge in [0.05, 0.1) is 36.1 Å². The molecule has 0 atom stereocenters. The van der Waals surface area contributed by atoms with Crippen LogP contribution in [0.5, 0.6) is 11.5 Å². The number of nitrogens with two attached hydrogens (primary N) is 3. The maximum atomic E-state index is 13.9. The number of primary amides is 2. The first-order chi connectivity index (χ1) is 33.8. The second-order valence-corrected chi connectivity index (χ2v) is 17.5. The molecule has 70 heavy (non-hydrogen) atoms. The van der Waals surface area contributed by atoms with E-state index in [9.17, 15) is 19.2 Å². The molecule has 8 N–H and O–H groups in total. The zero-order valence-corrected chi connectivity index (χ0v) is 41.0. The lowest BCUT2D eigenvalue weighted by Crippen LogP contribution is -2.46. The third kappa shape index (κ3) is 12.0. The fourth-order valence-corrected chi connectivity index (χ4v) is 8.93. The summed E-state index contributed by atoms with van der Waals surface area (Å²) < 4.78 is 19.0. The molecule has 1 aliphatic rings. The number of imidazole rings is 2. The highest BCUT2D eigenvalue weighted by molar-refractivity contribution is 5.99. The summed E-state index contributed by atoms with van der Waals surface area (Å²) in [6.45, 7) is 15.8. The number of carbonyl (C=O) groups is 4. The van der Waals surface area contributed by atoms with E-state index < -0.39 is 23.6 Å². The van der Waals surface area contributed by atoms with Crippen molar-refractivity contribution in [3.8, 4) is 11.5 Å². The van der Waals surface area contributed by atoms with Crippen LogP contribution in [-0.2, 0) is 26.2 Å². The summed E-state index contributed by atoms with van der Waals surface area (Å²) in [5, 5.41) is 8.86. The quantitative estimate of drug-likeness (QED) is 0.0458. The maximum absolute atomic E-state index is 13.9. The summed E-state index contributed by atoms with van der Waals surface area (Å²) in [6.07, 6.45) is 10.5. The molecule has 6 aromatic rings. The molecule has 0 radical (unpaired) electrons. The maximum Gasteiger partial charge on any atom is 0.298 e. The Morgan fingerprint density at radius 1 is 0.657 bits per heavy atom. The second-order valence-electron chi connectivity index (χ2n) is 17.5. The molecule has 0 spiro atoms. The minimum Gasteiger partial charge on any atom is -0.494 e. The number of fused-ring (bicyclic) bond motifs is 2. The van der Waals surface area contributed by atoms with Crippen molar-refractivity contribution in [3.63, 3.8) is 0 Å². The van der Waals surface area contributed by atoms with E-state index in [-0.39, 0.29) is 35.5 Å². The lowest BCUT2D eigenvalue weighted by atomic mass is 10.1. The van der Waals surface area contributed by atoms with Crippen molar-refractivity contribution in [1.29, 1.82) is 0 Å². The number of piperazine rings is 1. The number of unbranched alkanes of at least 4 members (excludes halogenated alkanes) is 4. The highest BCUT2D eigenvalue weighted by atomic mass is 16.5. The Bertz CT molecular complexity index is 3010. The molecular formula is C49H67N15O6. The smallest absolute Gasteiger partial charge is 0.298 e. The van der Waals surface area contributed by atoms with Gasteiger partial charge in [-0.2, -0.15) is 20.2 Å². The Balaban J connectivity index is 1.19. The van der Waals surface area contributed by atoms with Gasteiger partial charge < -0.3 is 55.6 Å². The number of aromatic nitrogens is 8. The van der Waals surface area contributed by atoms with E-state index in [0.717, 1.165) is 58.7 Å². The average Bonchev–Trinajstić information content (AvgIpc) is 4.12. The van der Waals surface area contributed by atoms with Crippen molar-refractivity contribution in [2.24, 2.45) is 27.2 Å². The zero-order chi connectivity index (χ0) is 49.9. The van der Waals surface area contributed by atoms with Crippen LogP contribution in [0.4, 0.5) is 0 Å². The summed E-state index contributed by atoms with van der Waals surface area (Å²) in [5.74, 6) is -1.59. The number of H-pyrrole nitrogens is 2. The van der Waals surface area contributed by atoms with Gasteiger partial charge >= 0.3 is 0 Å². The standard InChI is InChI=1S/C49H67N15O6/c1-6-63-38(26-32(3)57-63)46(67)55-48-53-36-28-34(44(51)65)30-40(69-5)42(36)61(48)19-13-14-20-62-43-37(54-49(62)56-47(68)39-27-33(4)58-64(39)7-2)29-35(45(52)66)31-41(43)70-25-15-18-60-23-21-59(22-24-60)17-12-10-8-9-11-16-50/h13-14,26-31H,6-12,15-25,50H2,1-5H3,(H2,51,65)(H2,52,66)(H,53,55,67)(H,54,56,68)/b14-13+. The van der Waals surface area contributed by atoms with Gasteiger partial charge in [0.15, 0.2) is 0 Å². The van der Waals surface area contributed by atoms with E-state index in [0.29, 0.717) is 76.0 Å². The number of ether oxygens (including phenoxy) is 2. The van der Waals surface area contributed by atoms with E-state index in [4.69, 9.17) is 26.7 Å². The van der Waals surface area contributed by atoms with Crippen molar-refractivity contribution < 1.29 is 28.7 Å². The molecule has 0 aliphatic carbocycles.